The summed E-state index contributed by atoms with van der Waals surface area (Å²) in [5, 5.41) is 5.50. The Hall–Kier alpha value is -1.92. The molecular formula is C20H27N3O2S. The third-order valence-electron chi connectivity index (χ3n) is 4.58. The molecule has 1 aromatic heterocycles. The Balaban J connectivity index is 1.48. The number of likely N-dealkylation sites (tertiary alicyclic amines) is 1. The lowest BCUT2D eigenvalue weighted by Crippen LogP contribution is -2.38. The van der Waals surface area contributed by atoms with Crippen molar-refractivity contribution in [3.63, 3.8) is 0 Å². The first-order valence-electron chi connectivity index (χ1n) is 9.14. The molecule has 1 saturated heterocycles. The maximum Gasteiger partial charge on any atom is 0.264 e. The Labute approximate surface area is 159 Å². The first kappa shape index (κ1) is 18.9. The molecule has 2 atom stereocenters. The van der Waals surface area contributed by atoms with Gasteiger partial charge >= 0.3 is 0 Å². The summed E-state index contributed by atoms with van der Waals surface area (Å²) in [6.45, 7) is 9.65. The molecule has 1 aliphatic heterocycles. The molecule has 1 aromatic carbocycles. The van der Waals surface area contributed by atoms with Gasteiger partial charge in [-0.2, -0.15) is 0 Å². The molecule has 0 aliphatic carbocycles. The molecular weight excluding hydrogens is 346 g/mol. The number of ether oxygens (including phenoxy) is 1. The Morgan fingerprint density at radius 2 is 2.04 bits per heavy atom. The molecule has 0 spiro atoms. The van der Waals surface area contributed by atoms with E-state index in [9.17, 15) is 4.79 Å². The molecule has 140 valence electrons. The first-order valence-corrected chi connectivity index (χ1v) is 10.0. The number of nitrogens with zero attached hydrogens (tertiary/aromatic N) is 2. The van der Waals surface area contributed by atoms with E-state index >= 15 is 0 Å². The minimum atomic E-state index is -0.186. The van der Waals surface area contributed by atoms with E-state index in [1.165, 1.54) is 17.8 Å². The van der Waals surface area contributed by atoms with Gasteiger partial charge in [0.1, 0.15) is 5.75 Å². The molecule has 5 nitrogen and oxygen atoms in total. The summed E-state index contributed by atoms with van der Waals surface area (Å²) in [6, 6.07) is 7.67. The van der Waals surface area contributed by atoms with E-state index in [1.54, 1.807) is 0 Å². The van der Waals surface area contributed by atoms with Gasteiger partial charge in [0, 0.05) is 25.0 Å². The molecule has 6 heteroatoms. The number of rotatable bonds is 6. The van der Waals surface area contributed by atoms with E-state index < -0.39 is 0 Å². The van der Waals surface area contributed by atoms with Crippen LogP contribution in [0.25, 0.3) is 0 Å². The summed E-state index contributed by atoms with van der Waals surface area (Å²) < 4.78 is 5.58. The van der Waals surface area contributed by atoms with E-state index in [4.69, 9.17) is 4.74 Å². The van der Waals surface area contributed by atoms with Gasteiger partial charge in [0.15, 0.2) is 11.7 Å². The maximum absolute atomic E-state index is 12.1. The highest BCUT2D eigenvalue weighted by Gasteiger charge is 2.22. The smallest absolute Gasteiger partial charge is 0.264 e. The number of thiazole rings is 1. The fourth-order valence-corrected chi connectivity index (χ4v) is 4.32. The molecule has 26 heavy (non-hydrogen) atoms. The monoisotopic (exact) mass is 373 g/mol. The summed E-state index contributed by atoms with van der Waals surface area (Å²) in [5.74, 6) is 2.01. The van der Waals surface area contributed by atoms with E-state index in [-0.39, 0.29) is 12.5 Å². The lowest BCUT2D eigenvalue weighted by Gasteiger charge is -2.34. The highest BCUT2D eigenvalue weighted by molar-refractivity contribution is 7.13. The van der Waals surface area contributed by atoms with Crippen LogP contribution in [0.5, 0.6) is 5.75 Å². The largest absolute Gasteiger partial charge is 0.483 e. The Bertz CT molecular complexity index is 736. The predicted octanol–water partition coefficient (Wildman–Crippen LogP) is 3.95. The molecule has 2 aromatic rings. The van der Waals surface area contributed by atoms with Gasteiger partial charge in [-0.05, 0) is 36.8 Å². The molecule has 1 N–H and O–H groups in total. The average Bonchev–Trinajstić information content (AvgIpc) is 3.00. The minimum absolute atomic E-state index is 0.0130. The number of carbonyl (C=O) groups is 1. The second kappa shape index (κ2) is 8.64. The number of carbonyl (C=O) groups excluding carboxylic acids is 1. The zero-order valence-electron chi connectivity index (χ0n) is 15.7. The number of hydrogen-bond donors (Lipinski definition) is 1. The fraction of sp³-hybridized carbons (Fsp3) is 0.500. The summed E-state index contributed by atoms with van der Waals surface area (Å²) in [5.41, 5.74) is 2.04. The van der Waals surface area contributed by atoms with Crippen LogP contribution in [-0.2, 0) is 11.3 Å². The minimum Gasteiger partial charge on any atom is -0.483 e. The van der Waals surface area contributed by atoms with Gasteiger partial charge in [-0.1, -0.05) is 32.0 Å². The van der Waals surface area contributed by atoms with Crippen LogP contribution in [-0.4, -0.2) is 35.5 Å². The molecule has 3 rings (SSSR count). The summed E-state index contributed by atoms with van der Waals surface area (Å²) in [6.07, 6.45) is 1.30. The summed E-state index contributed by atoms with van der Waals surface area (Å²) in [7, 11) is 0. The number of hydrogen-bond acceptors (Lipinski definition) is 5. The fourth-order valence-electron chi connectivity index (χ4n) is 3.60. The van der Waals surface area contributed by atoms with Crippen molar-refractivity contribution in [2.75, 3.05) is 25.0 Å². The zero-order valence-corrected chi connectivity index (χ0v) is 16.5. The van der Waals surface area contributed by atoms with Crippen molar-refractivity contribution < 1.29 is 9.53 Å². The number of anilines is 1. The van der Waals surface area contributed by atoms with Crippen molar-refractivity contribution in [1.82, 2.24) is 9.88 Å². The highest BCUT2D eigenvalue weighted by Crippen LogP contribution is 2.24. The predicted molar refractivity (Wildman–Crippen MR) is 106 cm³/mol. The van der Waals surface area contributed by atoms with E-state index in [1.807, 2.05) is 36.6 Å². The number of piperidine rings is 1. The average molecular weight is 374 g/mol. The normalized spacial score (nSPS) is 20.7. The van der Waals surface area contributed by atoms with Gasteiger partial charge in [-0.3, -0.25) is 15.0 Å². The summed E-state index contributed by atoms with van der Waals surface area (Å²) in [4.78, 5) is 19.1. The van der Waals surface area contributed by atoms with Crippen LogP contribution in [0.15, 0.2) is 29.6 Å². The second-order valence-corrected chi connectivity index (χ2v) is 8.24. The Morgan fingerprint density at radius 1 is 1.31 bits per heavy atom. The van der Waals surface area contributed by atoms with Gasteiger partial charge in [0.25, 0.3) is 5.91 Å². The number of aryl methyl sites for hydroxylation is 1. The van der Waals surface area contributed by atoms with Crippen LogP contribution in [0.2, 0.25) is 0 Å². The molecule has 0 radical (unpaired) electrons. The van der Waals surface area contributed by atoms with Crippen molar-refractivity contribution in [1.29, 1.82) is 0 Å². The van der Waals surface area contributed by atoms with Crippen molar-refractivity contribution >= 4 is 22.4 Å². The molecule has 0 unspecified atom stereocenters. The van der Waals surface area contributed by atoms with Crippen LogP contribution in [0.3, 0.4) is 0 Å². The number of benzene rings is 1. The van der Waals surface area contributed by atoms with E-state index in [0.717, 1.165) is 48.5 Å². The SMILES string of the molecule is Cc1ccccc1OCC(=O)Nc1nc(CN2C[C@H](C)C[C@@H](C)C2)cs1. The highest BCUT2D eigenvalue weighted by atomic mass is 32.1. The number of aromatic nitrogens is 1. The van der Waals surface area contributed by atoms with E-state index in [0.29, 0.717) is 5.13 Å². The van der Waals surface area contributed by atoms with Crippen molar-refractivity contribution in [3.05, 3.63) is 40.9 Å². The molecule has 0 bridgehead atoms. The Kier molecular flexibility index (Phi) is 6.27. The van der Waals surface area contributed by atoms with Crippen molar-refractivity contribution in [2.45, 2.75) is 33.7 Å². The van der Waals surface area contributed by atoms with Gasteiger partial charge in [-0.15, -0.1) is 11.3 Å². The Morgan fingerprint density at radius 3 is 2.77 bits per heavy atom. The van der Waals surface area contributed by atoms with Crippen LogP contribution in [0.1, 0.15) is 31.5 Å². The number of para-hydroxylation sites is 1. The van der Waals surface area contributed by atoms with E-state index in [2.05, 4.69) is 29.0 Å². The number of amides is 1. The van der Waals surface area contributed by atoms with Gasteiger partial charge in [-0.25, -0.2) is 4.98 Å². The van der Waals surface area contributed by atoms with Crippen LogP contribution in [0.4, 0.5) is 5.13 Å². The molecule has 1 aliphatic rings. The van der Waals surface area contributed by atoms with Crippen LogP contribution in [0, 0.1) is 18.8 Å². The standard InChI is InChI=1S/C20H27N3O2S/c1-14-8-15(2)10-23(9-14)11-17-13-26-20(21-17)22-19(24)12-25-18-7-5-4-6-16(18)3/h4-7,13-15H,8-12H2,1-3H3,(H,21,22,24)/t14-,15-/m1/s1. The molecule has 1 amide bonds. The maximum atomic E-state index is 12.1. The topological polar surface area (TPSA) is 54.5 Å². The van der Waals surface area contributed by atoms with Crippen LogP contribution >= 0.6 is 11.3 Å². The second-order valence-electron chi connectivity index (χ2n) is 7.39. The van der Waals surface area contributed by atoms with Crippen molar-refractivity contribution in [3.8, 4) is 5.75 Å². The zero-order chi connectivity index (χ0) is 18.5. The van der Waals surface area contributed by atoms with Gasteiger partial charge in [0.05, 0.1) is 5.69 Å². The van der Waals surface area contributed by atoms with Crippen molar-refractivity contribution in [2.24, 2.45) is 11.8 Å². The number of nitrogens with one attached hydrogen (secondary N) is 1. The third-order valence-corrected chi connectivity index (χ3v) is 5.39. The molecule has 0 saturated carbocycles. The molecule has 2 heterocycles. The third kappa shape index (κ3) is 5.29. The lowest BCUT2D eigenvalue weighted by molar-refractivity contribution is -0.118. The lowest BCUT2D eigenvalue weighted by atomic mass is 9.92. The summed E-state index contributed by atoms with van der Waals surface area (Å²) >= 11 is 1.47. The first-order chi connectivity index (χ1) is 12.5. The van der Waals surface area contributed by atoms with Crippen LogP contribution < -0.4 is 10.1 Å². The quantitative estimate of drug-likeness (QED) is 0.833. The molecule has 1 fully saturated rings. The van der Waals surface area contributed by atoms with Gasteiger partial charge < -0.3 is 4.74 Å². The van der Waals surface area contributed by atoms with Gasteiger partial charge in [0.2, 0.25) is 0 Å².